The monoisotopic (exact) mass is 767 g/mol. The highest BCUT2D eigenvalue weighted by Gasteiger charge is 2.40. The van der Waals surface area contributed by atoms with Crippen molar-refractivity contribution in [3.8, 4) is 5.75 Å². The maximum absolute atomic E-state index is 13.2. The summed E-state index contributed by atoms with van der Waals surface area (Å²) in [7, 11) is 0. The number of hydrogen-bond acceptors (Lipinski definition) is 8. The lowest BCUT2D eigenvalue weighted by Crippen LogP contribution is -2.52. The van der Waals surface area contributed by atoms with E-state index in [1.54, 1.807) is 11.0 Å². The van der Waals surface area contributed by atoms with Gasteiger partial charge in [-0.25, -0.2) is 0 Å². The number of ether oxygens (including phenoxy) is 1. The fraction of sp³-hybridized carbons (Fsp3) is 0.426. The van der Waals surface area contributed by atoms with Crippen LogP contribution in [-0.4, -0.2) is 84.5 Å². The zero-order valence-electron chi connectivity index (χ0n) is 33.0. The van der Waals surface area contributed by atoms with Crippen LogP contribution in [-0.2, 0) is 27.5 Å². The number of nitrogens with zero attached hydrogens (tertiary/aromatic N) is 4. The number of hydrogen-bond donors (Lipinski definition) is 2. The number of piperazine rings is 1. The van der Waals surface area contributed by atoms with Gasteiger partial charge in [0.1, 0.15) is 11.8 Å². The lowest BCUT2D eigenvalue weighted by Gasteiger charge is -2.40. The van der Waals surface area contributed by atoms with Gasteiger partial charge in [-0.1, -0.05) is 56.3 Å². The molecule has 4 aromatic rings. The van der Waals surface area contributed by atoms with E-state index < -0.39 is 6.04 Å². The van der Waals surface area contributed by atoms with Crippen molar-refractivity contribution >= 4 is 29.1 Å². The van der Waals surface area contributed by atoms with Gasteiger partial charge in [-0.2, -0.15) is 0 Å². The second-order valence-corrected chi connectivity index (χ2v) is 16.9. The van der Waals surface area contributed by atoms with E-state index in [1.807, 2.05) is 18.2 Å². The van der Waals surface area contributed by atoms with Gasteiger partial charge in [0.05, 0.1) is 12.7 Å². The number of imide groups is 1. The molecule has 57 heavy (non-hydrogen) atoms. The molecule has 3 amide bonds. The molecule has 3 fully saturated rings. The Morgan fingerprint density at radius 1 is 0.772 bits per heavy atom. The first kappa shape index (κ1) is 37.4. The third kappa shape index (κ3) is 7.41. The summed E-state index contributed by atoms with van der Waals surface area (Å²) in [4.78, 5) is 46.5. The van der Waals surface area contributed by atoms with Crippen LogP contribution in [0.4, 0.5) is 11.4 Å². The largest absolute Gasteiger partial charge is 0.508 e. The van der Waals surface area contributed by atoms with Crippen molar-refractivity contribution in [3.05, 3.63) is 124 Å². The Morgan fingerprint density at radius 2 is 1.51 bits per heavy atom. The van der Waals surface area contributed by atoms with E-state index in [2.05, 4.69) is 94.5 Å². The van der Waals surface area contributed by atoms with Crippen LogP contribution >= 0.6 is 0 Å². The highest BCUT2D eigenvalue weighted by molar-refractivity contribution is 6.05. The van der Waals surface area contributed by atoms with Gasteiger partial charge in [0, 0.05) is 81.6 Å². The average molecular weight is 768 g/mol. The number of anilines is 2. The number of amides is 3. The van der Waals surface area contributed by atoms with Gasteiger partial charge in [-0.15, -0.1) is 0 Å². The Bertz CT molecular complexity index is 2150. The van der Waals surface area contributed by atoms with E-state index in [4.69, 9.17) is 4.74 Å². The standard InChI is InChI=1S/C47H53N5O5/c1-30(2)38-5-3-4-6-41(38)45-44(39-14-12-37(53)26-34(39)29-57-45)32-7-9-35(10-8-32)50-19-17-31(18-20-50)27-49-21-23-51(24-22-49)36-11-13-40-33(25-36)28-52(47(40)56)42-15-16-43(54)48-46(42)55/h3-14,25-26,30-31,42,44-45,53H,15-24,27-29H2,1-2H3,(H,48,54,55)/t42-,44+,45+/m0/s1. The van der Waals surface area contributed by atoms with Crippen molar-refractivity contribution in [1.29, 1.82) is 0 Å². The molecule has 0 unspecified atom stereocenters. The van der Waals surface area contributed by atoms with Gasteiger partial charge in [-0.3, -0.25) is 24.6 Å². The molecular weight excluding hydrogens is 715 g/mol. The van der Waals surface area contributed by atoms with Crippen molar-refractivity contribution in [3.63, 3.8) is 0 Å². The van der Waals surface area contributed by atoms with Gasteiger partial charge in [0.25, 0.3) is 5.91 Å². The average Bonchev–Trinajstić information content (AvgIpc) is 3.55. The van der Waals surface area contributed by atoms with E-state index in [0.717, 1.165) is 62.6 Å². The number of piperidine rings is 2. The van der Waals surface area contributed by atoms with Crippen LogP contribution < -0.4 is 15.1 Å². The van der Waals surface area contributed by atoms with Crippen molar-refractivity contribution in [1.82, 2.24) is 15.1 Å². The summed E-state index contributed by atoms with van der Waals surface area (Å²) in [5, 5.41) is 12.7. The molecule has 3 atom stereocenters. The molecule has 5 aliphatic heterocycles. The van der Waals surface area contributed by atoms with Crippen molar-refractivity contribution < 1.29 is 24.2 Å². The summed E-state index contributed by atoms with van der Waals surface area (Å²) < 4.78 is 6.64. The van der Waals surface area contributed by atoms with Crippen LogP contribution in [0.3, 0.4) is 0 Å². The van der Waals surface area contributed by atoms with Crippen LogP contribution in [0, 0.1) is 5.92 Å². The summed E-state index contributed by atoms with van der Waals surface area (Å²) in [5.74, 6) is 0.585. The molecule has 9 rings (SSSR count). The highest BCUT2D eigenvalue weighted by Crippen LogP contribution is 2.47. The molecule has 0 aromatic heterocycles. The normalized spacial score (nSPS) is 23.2. The maximum Gasteiger partial charge on any atom is 0.255 e. The minimum atomic E-state index is -0.591. The molecule has 0 bridgehead atoms. The summed E-state index contributed by atoms with van der Waals surface area (Å²) in [6.07, 6.45) is 2.87. The Hall–Kier alpha value is -5.19. The number of nitrogens with one attached hydrogen (secondary N) is 1. The third-order valence-electron chi connectivity index (χ3n) is 13.1. The van der Waals surface area contributed by atoms with Crippen molar-refractivity contribution in [2.24, 2.45) is 5.92 Å². The molecule has 296 valence electrons. The number of aromatic hydroxyl groups is 1. The Balaban J connectivity index is 0.795. The number of phenolic OH excluding ortho intramolecular Hbond substituents is 1. The predicted octanol–water partition coefficient (Wildman–Crippen LogP) is 6.72. The van der Waals surface area contributed by atoms with Gasteiger partial charge in [-0.05, 0) is 107 Å². The Labute approximate surface area is 335 Å². The maximum atomic E-state index is 13.2. The molecule has 0 spiro atoms. The van der Waals surface area contributed by atoms with Crippen molar-refractivity contribution in [2.45, 2.75) is 76.7 Å². The van der Waals surface area contributed by atoms with Gasteiger partial charge < -0.3 is 24.5 Å². The number of fused-ring (bicyclic) bond motifs is 2. The first-order valence-electron chi connectivity index (χ1n) is 20.8. The third-order valence-corrected chi connectivity index (χ3v) is 13.1. The van der Waals surface area contributed by atoms with Crippen LogP contribution in [0.5, 0.6) is 5.75 Å². The van der Waals surface area contributed by atoms with E-state index in [-0.39, 0.29) is 41.9 Å². The summed E-state index contributed by atoms with van der Waals surface area (Å²) >= 11 is 0. The fourth-order valence-electron chi connectivity index (χ4n) is 9.96. The molecule has 10 nitrogen and oxygen atoms in total. The highest BCUT2D eigenvalue weighted by atomic mass is 16.5. The van der Waals surface area contributed by atoms with Crippen LogP contribution in [0.2, 0.25) is 0 Å². The molecular formula is C47H53N5O5. The molecule has 10 heteroatoms. The molecule has 3 saturated heterocycles. The topological polar surface area (TPSA) is 106 Å². The van der Waals surface area contributed by atoms with E-state index in [1.165, 1.54) is 40.8 Å². The molecule has 4 aromatic carbocycles. The number of carbonyl (C=O) groups excluding carboxylic acids is 3. The van der Waals surface area contributed by atoms with E-state index in [0.29, 0.717) is 37.0 Å². The zero-order chi connectivity index (χ0) is 39.2. The molecule has 5 heterocycles. The molecule has 0 radical (unpaired) electrons. The quantitative estimate of drug-likeness (QED) is 0.191. The second kappa shape index (κ2) is 15.6. The molecule has 0 saturated carbocycles. The van der Waals surface area contributed by atoms with Crippen LogP contribution in [0.1, 0.15) is 101 Å². The first-order valence-corrected chi connectivity index (χ1v) is 20.8. The number of phenols is 1. The van der Waals surface area contributed by atoms with Gasteiger partial charge >= 0.3 is 0 Å². The van der Waals surface area contributed by atoms with Gasteiger partial charge in [0.2, 0.25) is 11.8 Å². The first-order chi connectivity index (χ1) is 27.7. The van der Waals surface area contributed by atoms with Crippen LogP contribution in [0.15, 0.2) is 84.9 Å². The van der Waals surface area contributed by atoms with Crippen molar-refractivity contribution in [2.75, 3.05) is 55.6 Å². The van der Waals surface area contributed by atoms with Gasteiger partial charge in [0.15, 0.2) is 0 Å². The lowest BCUT2D eigenvalue weighted by atomic mass is 9.77. The minimum absolute atomic E-state index is 0.0248. The fourth-order valence-corrected chi connectivity index (χ4v) is 9.96. The smallest absolute Gasteiger partial charge is 0.255 e. The molecule has 2 N–H and O–H groups in total. The van der Waals surface area contributed by atoms with E-state index in [9.17, 15) is 19.5 Å². The summed E-state index contributed by atoms with van der Waals surface area (Å²) in [6, 6.07) is 29.0. The second-order valence-electron chi connectivity index (χ2n) is 16.9. The number of carbonyl (C=O) groups is 3. The SMILES string of the molecule is CC(C)c1ccccc1[C@H]1OCc2cc(O)ccc2[C@H]1c1ccc(N2CCC(CN3CCN(c4ccc5c(c4)CN([C@H]4CCC(=O)NC4=O)C5=O)CC3)CC2)cc1. The Kier molecular flexibility index (Phi) is 10.3. The molecule has 5 aliphatic rings. The summed E-state index contributed by atoms with van der Waals surface area (Å²) in [6.45, 7) is 12.5. The zero-order valence-corrected chi connectivity index (χ0v) is 33.0. The van der Waals surface area contributed by atoms with Crippen LogP contribution in [0.25, 0.3) is 0 Å². The number of benzene rings is 4. The molecule has 0 aliphatic carbocycles. The lowest BCUT2D eigenvalue weighted by molar-refractivity contribution is -0.136. The minimum Gasteiger partial charge on any atom is -0.508 e. The number of rotatable bonds is 8. The predicted molar refractivity (Wildman–Crippen MR) is 221 cm³/mol. The Morgan fingerprint density at radius 3 is 2.26 bits per heavy atom. The summed E-state index contributed by atoms with van der Waals surface area (Å²) in [5.41, 5.74) is 10.1. The van der Waals surface area contributed by atoms with E-state index >= 15 is 0 Å².